The molecule has 0 aliphatic heterocycles. The van der Waals surface area contributed by atoms with E-state index in [4.69, 9.17) is 4.74 Å². The van der Waals surface area contributed by atoms with Gasteiger partial charge in [0.05, 0.1) is 6.04 Å². The highest BCUT2D eigenvalue weighted by Gasteiger charge is 2.27. The number of aromatic nitrogens is 4. The van der Waals surface area contributed by atoms with Crippen LogP contribution in [0.2, 0.25) is 0 Å². The number of thioether (sulfide) groups is 1. The Morgan fingerprint density at radius 1 is 1.28 bits per heavy atom. The van der Waals surface area contributed by atoms with Crippen molar-refractivity contribution in [3.63, 3.8) is 0 Å². The minimum absolute atomic E-state index is 0.0969. The third-order valence-electron chi connectivity index (χ3n) is 4.23. The zero-order valence-corrected chi connectivity index (χ0v) is 19.2. The van der Waals surface area contributed by atoms with Crippen molar-refractivity contribution in [3.05, 3.63) is 41.2 Å². The van der Waals surface area contributed by atoms with E-state index >= 15 is 0 Å². The van der Waals surface area contributed by atoms with Crippen LogP contribution >= 0.6 is 23.1 Å². The van der Waals surface area contributed by atoms with Gasteiger partial charge in [0.15, 0.2) is 10.2 Å². The molecule has 0 radical (unpaired) electrons. The van der Waals surface area contributed by atoms with E-state index in [1.165, 1.54) is 22.5 Å². The van der Waals surface area contributed by atoms with Gasteiger partial charge in [0.2, 0.25) is 4.96 Å². The number of nitrogens with zero attached hydrogens (tertiary/aromatic N) is 4. The van der Waals surface area contributed by atoms with Crippen molar-refractivity contribution < 1.29 is 9.53 Å². The molecule has 9 heteroatoms. The van der Waals surface area contributed by atoms with Crippen LogP contribution < -0.4 is 5.32 Å². The van der Waals surface area contributed by atoms with Gasteiger partial charge in [-0.2, -0.15) is 4.52 Å². The van der Waals surface area contributed by atoms with Gasteiger partial charge in [0.25, 0.3) is 0 Å². The van der Waals surface area contributed by atoms with Crippen LogP contribution in [0.25, 0.3) is 4.96 Å². The lowest BCUT2D eigenvalue weighted by Crippen LogP contribution is -2.37. The molecular formula is C20H27N5O2S2. The smallest absolute Gasteiger partial charge is 0.408 e. The van der Waals surface area contributed by atoms with Gasteiger partial charge in [-0.1, -0.05) is 61.2 Å². The summed E-state index contributed by atoms with van der Waals surface area (Å²) >= 11 is 3.17. The molecule has 1 N–H and O–H groups in total. The summed E-state index contributed by atoms with van der Waals surface area (Å²) in [5.41, 5.74) is 1.99. The van der Waals surface area contributed by atoms with Crippen molar-refractivity contribution in [2.75, 3.05) is 0 Å². The molecule has 7 nitrogen and oxygen atoms in total. The minimum atomic E-state index is -0.564. The Kier molecular flexibility index (Phi) is 6.48. The average Bonchev–Trinajstić information content (AvgIpc) is 3.17. The number of amides is 1. The fraction of sp³-hybridized carbons (Fsp3) is 0.500. The summed E-state index contributed by atoms with van der Waals surface area (Å²) in [6.07, 6.45) is -0.475. The molecule has 1 unspecified atom stereocenters. The number of fused-ring (bicyclic) bond motifs is 1. The molecule has 3 aromatic rings. The maximum absolute atomic E-state index is 12.3. The van der Waals surface area contributed by atoms with Gasteiger partial charge in [0.1, 0.15) is 5.60 Å². The Hall–Kier alpha value is -2.13. The SMILES string of the molecule is Cc1ccccc1CSc1nn2c(C(NC(=O)OC(C)(C)C)C(C)C)nnc2s1. The molecule has 2 aromatic heterocycles. The van der Waals surface area contributed by atoms with Crippen molar-refractivity contribution in [3.8, 4) is 0 Å². The van der Waals surface area contributed by atoms with Crippen LogP contribution in [0.3, 0.4) is 0 Å². The Labute approximate surface area is 179 Å². The van der Waals surface area contributed by atoms with Crippen LogP contribution in [0, 0.1) is 12.8 Å². The number of carbonyl (C=O) groups is 1. The predicted molar refractivity (Wildman–Crippen MR) is 116 cm³/mol. The number of ether oxygens (including phenoxy) is 1. The van der Waals surface area contributed by atoms with Crippen LogP contribution in [0.4, 0.5) is 4.79 Å². The molecule has 0 saturated heterocycles. The lowest BCUT2D eigenvalue weighted by Gasteiger charge is -2.24. The van der Waals surface area contributed by atoms with Gasteiger partial charge in [-0.3, -0.25) is 0 Å². The first kappa shape index (κ1) is 21.6. The molecule has 156 valence electrons. The lowest BCUT2D eigenvalue weighted by molar-refractivity contribution is 0.0486. The summed E-state index contributed by atoms with van der Waals surface area (Å²) in [5, 5.41) is 16.1. The number of hydrogen-bond acceptors (Lipinski definition) is 7. The Morgan fingerprint density at radius 3 is 2.66 bits per heavy atom. The molecule has 0 aliphatic carbocycles. The molecule has 0 spiro atoms. The van der Waals surface area contributed by atoms with Gasteiger partial charge in [0, 0.05) is 5.75 Å². The molecular weight excluding hydrogens is 406 g/mol. The number of nitrogens with one attached hydrogen (secondary N) is 1. The lowest BCUT2D eigenvalue weighted by atomic mass is 10.0. The van der Waals surface area contributed by atoms with Crippen molar-refractivity contribution in [1.29, 1.82) is 0 Å². The zero-order valence-electron chi connectivity index (χ0n) is 17.6. The number of hydrogen-bond donors (Lipinski definition) is 1. The second-order valence-electron chi connectivity index (χ2n) is 8.20. The average molecular weight is 434 g/mol. The summed E-state index contributed by atoms with van der Waals surface area (Å²) in [5.74, 6) is 1.55. The fourth-order valence-corrected chi connectivity index (χ4v) is 4.70. The van der Waals surface area contributed by atoms with E-state index in [0.29, 0.717) is 10.8 Å². The normalized spacial score (nSPS) is 13.1. The van der Waals surface area contributed by atoms with Crippen molar-refractivity contribution >= 4 is 34.2 Å². The molecule has 3 rings (SSSR count). The van der Waals surface area contributed by atoms with E-state index < -0.39 is 11.7 Å². The molecule has 29 heavy (non-hydrogen) atoms. The maximum Gasteiger partial charge on any atom is 0.408 e. The Bertz CT molecular complexity index is 990. The third kappa shape index (κ3) is 5.48. The number of carbonyl (C=O) groups excluding carboxylic acids is 1. The van der Waals surface area contributed by atoms with E-state index in [2.05, 4.69) is 45.7 Å². The number of rotatable bonds is 6. The van der Waals surface area contributed by atoms with E-state index in [1.54, 1.807) is 16.3 Å². The monoisotopic (exact) mass is 433 g/mol. The van der Waals surface area contributed by atoms with E-state index in [9.17, 15) is 4.79 Å². The second-order valence-corrected chi connectivity index (χ2v) is 10.4. The molecule has 0 aliphatic rings. The van der Waals surface area contributed by atoms with Crippen molar-refractivity contribution in [2.24, 2.45) is 5.92 Å². The fourth-order valence-electron chi connectivity index (χ4n) is 2.74. The summed E-state index contributed by atoms with van der Waals surface area (Å²) in [6, 6.07) is 7.99. The Morgan fingerprint density at radius 2 is 2.00 bits per heavy atom. The summed E-state index contributed by atoms with van der Waals surface area (Å²) in [4.78, 5) is 13.0. The quantitative estimate of drug-likeness (QED) is 0.551. The number of benzene rings is 1. The molecule has 0 fully saturated rings. The van der Waals surface area contributed by atoms with Crippen LogP contribution in [0.1, 0.15) is 57.6 Å². The van der Waals surface area contributed by atoms with Gasteiger partial charge in [-0.05, 0) is 44.7 Å². The largest absolute Gasteiger partial charge is 0.444 e. The van der Waals surface area contributed by atoms with Crippen LogP contribution in [0.15, 0.2) is 28.6 Å². The van der Waals surface area contributed by atoms with Gasteiger partial charge in [-0.25, -0.2) is 4.79 Å². The third-order valence-corrected chi connectivity index (χ3v) is 6.31. The number of alkyl carbamates (subject to hydrolysis) is 1. The van der Waals surface area contributed by atoms with Crippen LogP contribution in [-0.2, 0) is 10.5 Å². The maximum atomic E-state index is 12.3. The zero-order chi connectivity index (χ0) is 21.2. The first-order valence-electron chi connectivity index (χ1n) is 9.53. The van der Waals surface area contributed by atoms with E-state index in [0.717, 1.165) is 10.1 Å². The molecule has 1 atom stereocenters. The first-order chi connectivity index (χ1) is 13.6. The first-order valence-corrected chi connectivity index (χ1v) is 11.3. The minimum Gasteiger partial charge on any atom is -0.444 e. The summed E-state index contributed by atoms with van der Waals surface area (Å²) in [6.45, 7) is 11.7. The Balaban J connectivity index is 1.78. The number of aryl methyl sites for hydroxylation is 1. The highest BCUT2D eigenvalue weighted by Crippen LogP contribution is 2.30. The highest BCUT2D eigenvalue weighted by molar-refractivity contribution is 8.00. The molecule has 2 heterocycles. The standard InChI is InChI=1S/C20H27N5O2S2/c1-12(2)15(21-18(26)27-20(4,5)6)16-22-23-17-25(16)24-19(29-17)28-11-14-10-8-7-9-13(14)3/h7-10,12,15H,11H2,1-6H3,(H,21,26). The molecule has 0 bridgehead atoms. The van der Waals surface area contributed by atoms with E-state index in [1.807, 2.05) is 40.7 Å². The van der Waals surface area contributed by atoms with Crippen LogP contribution in [-0.4, -0.2) is 31.5 Å². The second kappa shape index (κ2) is 8.71. The predicted octanol–water partition coefficient (Wildman–Crippen LogP) is 5.01. The summed E-state index contributed by atoms with van der Waals surface area (Å²) < 4.78 is 8.05. The van der Waals surface area contributed by atoms with Gasteiger partial charge < -0.3 is 10.1 Å². The highest BCUT2D eigenvalue weighted by atomic mass is 32.2. The molecule has 0 saturated carbocycles. The summed E-state index contributed by atoms with van der Waals surface area (Å²) in [7, 11) is 0. The topological polar surface area (TPSA) is 81.4 Å². The van der Waals surface area contributed by atoms with Crippen molar-refractivity contribution in [2.45, 2.75) is 63.3 Å². The molecule has 1 aromatic carbocycles. The molecule has 1 amide bonds. The van der Waals surface area contributed by atoms with Gasteiger partial charge >= 0.3 is 6.09 Å². The van der Waals surface area contributed by atoms with Crippen LogP contribution in [0.5, 0.6) is 0 Å². The van der Waals surface area contributed by atoms with Gasteiger partial charge in [-0.15, -0.1) is 15.3 Å². The van der Waals surface area contributed by atoms with E-state index in [-0.39, 0.29) is 12.0 Å². The van der Waals surface area contributed by atoms with Crippen molar-refractivity contribution in [1.82, 2.24) is 25.1 Å².